The van der Waals surface area contributed by atoms with E-state index < -0.39 is 11.6 Å². The van der Waals surface area contributed by atoms with E-state index in [9.17, 15) is 8.78 Å². The van der Waals surface area contributed by atoms with Crippen LogP contribution in [0.2, 0.25) is 0 Å². The zero-order valence-electron chi connectivity index (χ0n) is 9.74. The van der Waals surface area contributed by atoms with Gasteiger partial charge in [0.1, 0.15) is 17.5 Å². The lowest BCUT2D eigenvalue weighted by atomic mass is 10.1. The molecule has 18 heavy (non-hydrogen) atoms. The molecule has 0 bridgehead atoms. The van der Waals surface area contributed by atoms with Crippen molar-refractivity contribution < 1.29 is 8.78 Å². The Morgan fingerprint density at radius 3 is 2.94 bits per heavy atom. The van der Waals surface area contributed by atoms with Crippen LogP contribution in [0.15, 0.2) is 24.4 Å². The number of rotatable bonds is 1. The quantitative estimate of drug-likeness (QED) is 0.844. The molecule has 1 aliphatic rings. The topological polar surface area (TPSA) is 43.8 Å². The van der Waals surface area contributed by atoms with Gasteiger partial charge in [-0.25, -0.2) is 13.8 Å². The highest BCUT2D eigenvalue weighted by Crippen LogP contribution is 2.28. The summed E-state index contributed by atoms with van der Waals surface area (Å²) < 4.78 is 28.8. The van der Waals surface area contributed by atoms with Crippen LogP contribution in [0.4, 0.5) is 8.78 Å². The first-order valence-corrected chi connectivity index (χ1v) is 5.93. The molecule has 94 valence electrons. The number of hydrogen-bond donors (Lipinski definition) is 1. The van der Waals surface area contributed by atoms with Crippen LogP contribution >= 0.6 is 0 Å². The molecule has 1 aromatic heterocycles. The van der Waals surface area contributed by atoms with Gasteiger partial charge in [-0.2, -0.15) is 0 Å². The molecule has 0 fully saturated rings. The first kappa shape index (κ1) is 11.3. The maximum atomic E-state index is 13.7. The van der Waals surface area contributed by atoms with E-state index in [4.69, 9.17) is 5.73 Å². The number of fused-ring (bicyclic) bond motifs is 1. The highest BCUT2D eigenvalue weighted by Gasteiger charge is 2.21. The summed E-state index contributed by atoms with van der Waals surface area (Å²) in [4.78, 5) is 4.34. The fourth-order valence-electron chi connectivity index (χ4n) is 2.34. The second kappa shape index (κ2) is 4.17. The number of halogens is 2. The molecule has 0 aliphatic carbocycles. The Hall–Kier alpha value is -1.75. The van der Waals surface area contributed by atoms with Gasteiger partial charge < -0.3 is 10.3 Å². The van der Waals surface area contributed by atoms with E-state index >= 15 is 0 Å². The predicted molar refractivity (Wildman–Crippen MR) is 63.7 cm³/mol. The second-order valence-electron chi connectivity index (χ2n) is 4.55. The average molecular weight is 249 g/mol. The van der Waals surface area contributed by atoms with Crippen molar-refractivity contribution in [2.24, 2.45) is 5.73 Å². The summed E-state index contributed by atoms with van der Waals surface area (Å²) >= 11 is 0. The van der Waals surface area contributed by atoms with E-state index in [-0.39, 0.29) is 11.6 Å². The Balaban J connectivity index is 2.10. The van der Waals surface area contributed by atoms with Crippen LogP contribution in [0.25, 0.3) is 11.3 Å². The summed E-state index contributed by atoms with van der Waals surface area (Å²) in [6.45, 7) is 0.826. The van der Waals surface area contributed by atoms with Crippen LogP contribution in [-0.2, 0) is 6.54 Å². The molecule has 0 amide bonds. The molecule has 2 heterocycles. The van der Waals surface area contributed by atoms with Crippen molar-refractivity contribution in [1.29, 1.82) is 0 Å². The third-order valence-corrected chi connectivity index (χ3v) is 3.26. The Morgan fingerprint density at radius 2 is 2.17 bits per heavy atom. The summed E-state index contributed by atoms with van der Waals surface area (Å²) in [5.74, 6) is -0.193. The Labute approximate surface area is 103 Å². The van der Waals surface area contributed by atoms with Crippen molar-refractivity contribution in [1.82, 2.24) is 9.55 Å². The SMILES string of the molecule is NC1CCCn2cc(-c3cc(F)ccc3F)nc21. The van der Waals surface area contributed by atoms with Gasteiger partial charge in [0, 0.05) is 18.3 Å². The first-order chi connectivity index (χ1) is 8.65. The van der Waals surface area contributed by atoms with Crippen LogP contribution in [0.1, 0.15) is 24.7 Å². The third kappa shape index (κ3) is 1.80. The molecule has 1 atom stereocenters. The molecule has 2 aromatic rings. The maximum absolute atomic E-state index is 13.7. The average Bonchev–Trinajstić information content (AvgIpc) is 2.77. The second-order valence-corrected chi connectivity index (χ2v) is 4.55. The molecule has 1 aliphatic heterocycles. The van der Waals surface area contributed by atoms with Gasteiger partial charge in [0.05, 0.1) is 11.7 Å². The molecule has 3 nitrogen and oxygen atoms in total. The van der Waals surface area contributed by atoms with Crippen molar-refractivity contribution in [2.45, 2.75) is 25.4 Å². The largest absolute Gasteiger partial charge is 0.333 e. The Bertz CT molecular complexity index is 592. The zero-order chi connectivity index (χ0) is 12.7. The fraction of sp³-hybridized carbons (Fsp3) is 0.308. The highest BCUT2D eigenvalue weighted by atomic mass is 19.1. The maximum Gasteiger partial charge on any atom is 0.132 e. The lowest BCUT2D eigenvalue weighted by Gasteiger charge is -2.19. The number of imidazole rings is 1. The minimum Gasteiger partial charge on any atom is -0.333 e. The number of benzene rings is 1. The smallest absolute Gasteiger partial charge is 0.132 e. The predicted octanol–water partition coefficient (Wildman–Crippen LogP) is 2.62. The monoisotopic (exact) mass is 249 g/mol. The molecule has 2 N–H and O–H groups in total. The van der Waals surface area contributed by atoms with Gasteiger partial charge in [-0.05, 0) is 31.0 Å². The van der Waals surface area contributed by atoms with Crippen LogP contribution in [-0.4, -0.2) is 9.55 Å². The Morgan fingerprint density at radius 1 is 1.33 bits per heavy atom. The molecule has 3 rings (SSSR count). The Kier molecular flexibility index (Phi) is 2.63. The molecule has 1 unspecified atom stereocenters. The summed E-state index contributed by atoms with van der Waals surface area (Å²) in [7, 11) is 0. The van der Waals surface area contributed by atoms with Crippen LogP contribution in [0, 0.1) is 11.6 Å². The normalized spacial score (nSPS) is 18.7. The van der Waals surface area contributed by atoms with Gasteiger partial charge >= 0.3 is 0 Å². The molecular weight excluding hydrogens is 236 g/mol. The van der Waals surface area contributed by atoms with Gasteiger partial charge in [-0.1, -0.05) is 0 Å². The van der Waals surface area contributed by atoms with Crippen molar-refractivity contribution in [2.75, 3.05) is 0 Å². The van der Waals surface area contributed by atoms with Gasteiger partial charge in [0.2, 0.25) is 0 Å². The van der Waals surface area contributed by atoms with Gasteiger partial charge in [0.25, 0.3) is 0 Å². The van der Waals surface area contributed by atoms with Gasteiger partial charge in [-0.15, -0.1) is 0 Å². The van der Waals surface area contributed by atoms with E-state index in [1.54, 1.807) is 6.20 Å². The minimum absolute atomic E-state index is 0.121. The van der Waals surface area contributed by atoms with Crippen molar-refractivity contribution >= 4 is 0 Å². The molecule has 0 spiro atoms. The number of nitrogens with two attached hydrogens (primary N) is 1. The van der Waals surface area contributed by atoms with Crippen LogP contribution < -0.4 is 5.73 Å². The molecule has 0 saturated heterocycles. The van der Waals surface area contributed by atoms with Gasteiger partial charge in [-0.3, -0.25) is 0 Å². The minimum atomic E-state index is -0.472. The number of aromatic nitrogens is 2. The molecule has 0 radical (unpaired) electrons. The van der Waals surface area contributed by atoms with Crippen molar-refractivity contribution in [3.8, 4) is 11.3 Å². The third-order valence-electron chi connectivity index (χ3n) is 3.26. The van der Waals surface area contributed by atoms with Crippen LogP contribution in [0.5, 0.6) is 0 Å². The standard InChI is InChI=1S/C13H13F2N3/c14-8-3-4-10(15)9(6-8)12-7-18-5-1-2-11(16)13(18)17-12/h3-4,6-7,11H,1-2,5,16H2. The van der Waals surface area contributed by atoms with Crippen molar-refractivity contribution in [3.05, 3.63) is 41.9 Å². The van der Waals surface area contributed by atoms with E-state index in [0.29, 0.717) is 5.69 Å². The lowest BCUT2D eigenvalue weighted by Crippen LogP contribution is -2.21. The molecule has 1 aromatic carbocycles. The first-order valence-electron chi connectivity index (χ1n) is 5.93. The van der Waals surface area contributed by atoms with Crippen LogP contribution in [0.3, 0.4) is 0 Å². The van der Waals surface area contributed by atoms with E-state index in [0.717, 1.165) is 43.4 Å². The van der Waals surface area contributed by atoms with Gasteiger partial charge in [0.15, 0.2) is 0 Å². The van der Waals surface area contributed by atoms with E-state index in [1.165, 1.54) is 0 Å². The molecule has 0 saturated carbocycles. The van der Waals surface area contributed by atoms with Crippen molar-refractivity contribution in [3.63, 3.8) is 0 Å². The summed E-state index contributed by atoms with van der Waals surface area (Å²) in [5, 5.41) is 0. The fourth-order valence-corrected chi connectivity index (χ4v) is 2.34. The molecular formula is C13H13F2N3. The summed E-state index contributed by atoms with van der Waals surface area (Å²) in [6.07, 6.45) is 3.60. The summed E-state index contributed by atoms with van der Waals surface area (Å²) in [6, 6.07) is 3.25. The summed E-state index contributed by atoms with van der Waals surface area (Å²) in [5.41, 5.74) is 6.58. The van der Waals surface area contributed by atoms with E-state index in [1.807, 2.05) is 4.57 Å². The zero-order valence-corrected chi connectivity index (χ0v) is 9.74. The lowest BCUT2D eigenvalue weighted by molar-refractivity contribution is 0.451. The number of nitrogens with zero attached hydrogens (tertiary/aromatic N) is 2. The number of aryl methyl sites for hydroxylation is 1. The van der Waals surface area contributed by atoms with E-state index in [2.05, 4.69) is 4.98 Å². The highest BCUT2D eigenvalue weighted by molar-refractivity contribution is 5.59. The molecule has 5 heteroatoms. The number of hydrogen-bond acceptors (Lipinski definition) is 2.